The Hall–Kier alpha value is -3.48. The van der Waals surface area contributed by atoms with E-state index in [1.54, 1.807) is 43.3 Å². The van der Waals surface area contributed by atoms with Gasteiger partial charge < -0.3 is 10.6 Å². The highest BCUT2D eigenvalue weighted by molar-refractivity contribution is 5.97. The van der Waals surface area contributed by atoms with Gasteiger partial charge in [-0.2, -0.15) is 5.10 Å². The van der Waals surface area contributed by atoms with Crippen LogP contribution >= 0.6 is 0 Å². The fourth-order valence-electron chi connectivity index (χ4n) is 3.00. The number of nitrogens with one attached hydrogen (secondary N) is 2. The van der Waals surface area contributed by atoms with Crippen molar-refractivity contribution in [2.75, 3.05) is 5.32 Å². The topological polar surface area (TPSA) is 93.1 Å². The van der Waals surface area contributed by atoms with Crippen molar-refractivity contribution in [2.45, 2.75) is 39.8 Å². The van der Waals surface area contributed by atoms with E-state index >= 15 is 0 Å². The summed E-state index contributed by atoms with van der Waals surface area (Å²) in [6, 6.07) is 13.8. The Morgan fingerprint density at radius 1 is 1.03 bits per heavy atom. The van der Waals surface area contributed by atoms with E-state index < -0.39 is 5.91 Å². The number of hydrogen-bond acceptors (Lipinski definition) is 4. The number of carbonyl (C=O) groups excluding carboxylic acids is 2. The highest BCUT2D eigenvalue weighted by Crippen LogP contribution is 2.14. The maximum absolute atomic E-state index is 12.6. The van der Waals surface area contributed by atoms with Crippen molar-refractivity contribution in [1.82, 2.24) is 15.1 Å². The molecule has 0 saturated carbocycles. The molecule has 0 aliphatic heterocycles. The molecule has 2 N–H and O–H groups in total. The van der Waals surface area contributed by atoms with Gasteiger partial charge in [0.25, 0.3) is 11.5 Å². The second kappa shape index (κ2) is 7.87. The number of carbonyl (C=O) groups is 2. The average molecular weight is 392 g/mol. The summed E-state index contributed by atoms with van der Waals surface area (Å²) in [5.41, 5.74) is 0.905. The van der Waals surface area contributed by atoms with Gasteiger partial charge in [0.05, 0.1) is 11.1 Å². The summed E-state index contributed by atoms with van der Waals surface area (Å²) in [5.74, 6) is -0.626. The zero-order valence-corrected chi connectivity index (χ0v) is 16.9. The minimum atomic E-state index is -0.400. The van der Waals surface area contributed by atoms with Crippen molar-refractivity contribution < 1.29 is 9.59 Å². The number of benzene rings is 2. The molecule has 3 aromatic rings. The van der Waals surface area contributed by atoms with Crippen molar-refractivity contribution >= 4 is 28.3 Å². The predicted molar refractivity (Wildman–Crippen MR) is 113 cm³/mol. The molecule has 0 aliphatic rings. The van der Waals surface area contributed by atoms with Gasteiger partial charge in [0.15, 0.2) is 0 Å². The van der Waals surface area contributed by atoms with Gasteiger partial charge in [-0.05, 0) is 52.0 Å². The lowest BCUT2D eigenvalue weighted by atomic mass is 10.1. The van der Waals surface area contributed by atoms with Crippen LogP contribution in [0.3, 0.4) is 0 Å². The van der Waals surface area contributed by atoms with E-state index in [0.29, 0.717) is 22.3 Å². The van der Waals surface area contributed by atoms with E-state index in [2.05, 4.69) is 15.7 Å². The quantitative estimate of drug-likeness (QED) is 0.714. The van der Waals surface area contributed by atoms with Gasteiger partial charge in [-0.1, -0.05) is 24.3 Å². The largest absolute Gasteiger partial charge is 0.347 e. The van der Waals surface area contributed by atoms with Gasteiger partial charge in [-0.25, -0.2) is 4.68 Å². The van der Waals surface area contributed by atoms with E-state index in [1.165, 1.54) is 0 Å². The van der Waals surface area contributed by atoms with Gasteiger partial charge >= 0.3 is 0 Å². The van der Waals surface area contributed by atoms with Crippen LogP contribution in [0.15, 0.2) is 53.3 Å². The molecule has 150 valence electrons. The molecule has 0 unspecified atom stereocenters. The maximum atomic E-state index is 12.6. The number of nitrogens with zero attached hydrogens (tertiary/aromatic N) is 2. The summed E-state index contributed by atoms with van der Waals surface area (Å²) < 4.78 is 1.16. The number of aryl methyl sites for hydroxylation is 1. The highest BCUT2D eigenvalue weighted by atomic mass is 16.2. The van der Waals surface area contributed by atoms with Crippen molar-refractivity contribution in [2.24, 2.45) is 0 Å². The Balaban J connectivity index is 1.78. The number of amides is 2. The van der Waals surface area contributed by atoms with E-state index in [1.807, 2.05) is 32.9 Å². The minimum Gasteiger partial charge on any atom is -0.347 e. The zero-order valence-electron chi connectivity index (χ0n) is 16.9. The van der Waals surface area contributed by atoms with Crippen molar-refractivity contribution in [3.05, 3.63) is 70.1 Å². The Morgan fingerprint density at radius 2 is 1.72 bits per heavy atom. The fraction of sp³-hybridized carbons (Fsp3) is 0.273. The van der Waals surface area contributed by atoms with Gasteiger partial charge in [-0.3, -0.25) is 14.4 Å². The normalized spacial score (nSPS) is 11.3. The summed E-state index contributed by atoms with van der Waals surface area (Å²) in [6.45, 7) is 7.27. The van der Waals surface area contributed by atoms with Crippen LogP contribution in [0, 0.1) is 6.92 Å². The number of rotatable bonds is 4. The lowest BCUT2D eigenvalue weighted by Gasteiger charge is -2.20. The third-order valence-electron chi connectivity index (χ3n) is 4.24. The fourth-order valence-corrected chi connectivity index (χ4v) is 3.00. The van der Waals surface area contributed by atoms with Gasteiger partial charge in [0.1, 0.15) is 6.54 Å². The summed E-state index contributed by atoms with van der Waals surface area (Å²) in [7, 11) is 0. The van der Waals surface area contributed by atoms with Gasteiger partial charge in [-0.15, -0.1) is 0 Å². The Kier molecular flexibility index (Phi) is 5.50. The lowest BCUT2D eigenvalue weighted by Crippen LogP contribution is -2.40. The molecule has 1 aromatic heterocycles. The molecule has 0 spiro atoms. The van der Waals surface area contributed by atoms with Gasteiger partial charge in [0.2, 0.25) is 5.91 Å². The summed E-state index contributed by atoms with van der Waals surface area (Å²) >= 11 is 0. The molecule has 0 fully saturated rings. The smallest absolute Gasteiger partial charge is 0.275 e. The first-order valence-corrected chi connectivity index (χ1v) is 9.33. The molecule has 3 rings (SSSR count). The van der Waals surface area contributed by atoms with E-state index in [-0.39, 0.29) is 23.6 Å². The third kappa shape index (κ3) is 4.87. The van der Waals surface area contributed by atoms with Crippen molar-refractivity contribution in [1.29, 1.82) is 0 Å². The van der Waals surface area contributed by atoms with Crippen LogP contribution in [0.1, 0.15) is 36.8 Å². The highest BCUT2D eigenvalue weighted by Gasteiger charge is 2.16. The van der Waals surface area contributed by atoms with Crippen LogP contribution in [0.25, 0.3) is 10.8 Å². The zero-order chi connectivity index (χ0) is 21.2. The predicted octanol–water partition coefficient (Wildman–Crippen LogP) is 2.87. The summed E-state index contributed by atoms with van der Waals surface area (Å²) in [5, 5.41) is 11.1. The molecule has 7 heteroatoms. The molecule has 0 atom stereocenters. The molecular weight excluding hydrogens is 368 g/mol. The minimum absolute atomic E-state index is 0.219. The molecule has 1 heterocycles. The molecule has 7 nitrogen and oxygen atoms in total. The Bertz CT molecular complexity index is 1140. The van der Waals surface area contributed by atoms with E-state index in [4.69, 9.17) is 0 Å². The first-order valence-electron chi connectivity index (χ1n) is 9.33. The van der Waals surface area contributed by atoms with Crippen LogP contribution in [0.2, 0.25) is 0 Å². The molecule has 0 radical (unpaired) electrons. The molecule has 0 saturated heterocycles. The average Bonchev–Trinajstić information content (AvgIpc) is 2.65. The van der Waals surface area contributed by atoms with Gasteiger partial charge in [0, 0.05) is 22.2 Å². The third-order valence-corrected chi connectivity index (χ3v) is 4.24. The van der Waals surface area contributed by atoms with Crippen LogP contribution in [0.4, 0.5) is 5.69 Å². The first kappa shape index (κ1) is 20.3. The molecule has 2 amide bonds. The van der Waals surface area contributed by atoms with Crippen LogP contribution in [0.5, 0.6) is 0 Å². The van der Waals surface area contributed by atoms with E-state index in [0.717, 1.165) is 10.1 Å². The Labute approximate surface area is 168 Å². The molecule has 2 aromatic carbocycles. The summed E-state index contributed by atoms with van der Waals surface area (Å²) in [6.07, 6.45) is 0. The molecular formula is C22H24N4O3. The lowest BCUT2D eigenvalue weighted by molar-refractivity contribution is -0.117. The Morgan fingerprint density at radius 3 is 2.41 bits per heavy atom. The number of hydrogen-bond donors (Lipinski definition) is 2. The maximum Gasteiger partial charge on any atom is 0.275 e. The van der Waals surface area contributed by atoms with Crippen molar-refractivity contribution in [3.8, 4) is 0 Å². The monoisotopic (exact) mass is 392 g/mol. The second-order valence-electron chi connectivity index (χ2n) is 7.93. The number of anilines is 1. The van der Waals surface area contributed by atoms with Crippen LogP contribution < -0.4 is 16.2 Å². The van der Waals surface area contributed by atoms with E-state index in [9.17, 15) is 14.4 Å². The standard InChI is InChI=1S/C22H24N4O3/c1-14-17-10-5-6-11-18(17)21(29)26(25-14)13-19(27)23-16-9-7-8-15(12-16)20(28)24-22(2,3)4/h5-12H,13H2,1-4H3,(H,23,27)(H,24,28). The van der Waals surface area contributed by atoms with Crippen molar-refractivity contribution in [3.63, 3.8) is 0 Å². The number of aromatic nitrogens is 2. The number of fused-ring (bicyclic) bond motifs is 1. The SMILES string of the molecule is Cc1nn(CC(=O)Nc2cccc(C(=O)NC(C)(C)C)c2)c(=O)c2ccccc12. The second-order valence-corrected chi connectivity index (χ2v) is 7.93. The van der Waals surface area contributed by atoms with Crippen LogP contribution in [-0.2, 0) is 11.3 Å². The molecule has 0 aliphatic carbocycles. The molecule has 0 bridgehead atoms. The summed E-state index contributed by atoms with van der Waals surface area (Å²) in [4.78, 5) is 37.4. The molecule has 29 heavy (non-hydrogen) atoms. The van der Waals surface area contributed by atoms with Crippen LogP contribution in [-0.4, -0.2) is 27.1 Å². The first-order chi connectivity index (χ1) is 13.6.